The number of sulfonamides is 1. The Bertz CT molecular complexity index is 1280. The summed E-state index contributed by atoms with van der Waals surface area (Å²) in [4.78, 5) is 0. The molecule has 0 unspecified atom stereocenters. The number of nitrogens with zero attached hydrogens (tertiary/aromatic N) is 3. The van der Waals surface area contributed by atoms with Crippen LogP contribution in [0.2, 0.25) is 0 Å². The van der Waals surface area contributed by atoms with Crippen LogP contribution in [0.3, 0.4) is 0 Å². The first kappa shape index (κ1) is 20.9. The van der Waals surface area contributed by atoms with Crippen LogP contribution in [0.1, 0.15) is 74.9 Å². The molecule has 2 aromatic heterocycles. The van der Waals surface area contributed by atoms with Crippen molar-refractivity contribution >= 4 is 27.2 Å². The van der Waals surface area contributed by atoms with Crippen LogP contribution in [-0.2, 0) is 21.2 Å². The normalized spacial score (nSPS) is 22.0. The first-order valence-electron chi connectivity index (χ1n) is 10.6. The minimum absolute atomic E-state index is 0.138. The van der Waals surface area contributed by atoms with Crippen LogP contribution < -0.4 is 10.0 Å². The molecule has 2 aliphatic rings. The maximum absolute atomic E-state index is 14.8. The van der Waals surface area contributed by atoms with Crippen molar-refractivity contribution in [2.75, 3.05) is 10.0 Å². The molecule has 170 valence electrons. The maximum atomic E-state index is 14.8. The highest BCUT2D eigenvalue weighted by Gasteiger charge is 2.33. The van der Waals surface area contributed by atoms with Gasteiger partial charge in [-0.05, 0) is 31.4 Å². The van der Waals surface area contributed by atoms with Crippen molar-refractivity contribution in [3.8, 4) is 0 Å². The summed E-state index contributed by atoms with van der Waals surface area (Å²) in [6.45, 7) is 6.13. The molecule has 1 fully saturated rings. The topological polar surface area (TPSA) is 126 Å². The van der Waals surface area contributed by atoms with Gasteiger partial charge < -0.3 is 9.73 Å². The molecule has 0 bridgehead atoms. The molecule has 1 aliphatic heterocycles. The standard InChI is InChI=1S/C21H25FN6O3S/c1-21(2,3)20-27-26-19(31-20)12-5-4-11(8-12)16-9-17(25-24-16)23-15-7-6-14-13(18(15)22)10-32(29,30)28-14/h6-7,9,11-12,28H,4-5,8,10H2,1-3H3,(H2,23,24,25)/t11-,12-/m0/s1. The summed E-state index contributed by atoms with van der Waals surface area (Å²) < 4.78 is 46.5. The van der Waals surface area contributed by atoms with Gasteiger partial charge in [0, 0.05) is 34.6 Å². The monoisotopic (exact) mass is 460 g/mol. The zero-order chi connectivity index (χ0) is 22.7. The molecule has 1 saturated carbocycles. The minimum atomic E-state index is -3.52. The smallest absolute Gasteiger partial charge is 0.237 e. The fourth-order valence-corrected chi connectivity index (χ4v) is 5.55. The predicted molar refractivity (Wildman–Crippen MR) is 117 cm³/mol. The van der Waals surface area contributed by atoms with Gasteiger partial charge in [0.1, 0.15) is 0 Å². The van der Waals surface area contributed by atoms with E-state index in [1.54, 1.807) is 6.07 Å². The number of fused-ring (bicyclic) bond motifs is 1. The number of benzene rings is 1. The quantitative estimate of drug-likeness (QED) is 0.530. The lowest BCUT2D eigenvalue weighted by Crippen LogP contribution is -2.11. The van der Waals surface area contributed by atoms with E-state index in [2.05, 4.69) is 30.4 Å². The van der Waals surface area contributed by atoms with Gasteiger partial charge in [-0.3, -0.25) is 9.82 Å². The van der Waals surface area contributed by atoms with Crippen LogP contribution in [0.15, 0.2) is 22.6 Å². The highest BCUT2D eigenvalue weighted by atomic mass is 32.2. The van der Waals surface area contributed by atoms with Gasteiger partial charge in [-0.25, -0.2) is 12.8 Å². The van der Waals surface area contributed by atoms with E-state index in [0.29, 0.717) is 17.6 Å². The average molecular weight is 461 g/mol. The van der Waals surface area contributed by atoms with Gasteiger partial charge in [0.05, 0.1) is 17.1 Å². The van der Waals surface area contributed by atoms with Gasteiger partial charge in [-0.1, -0.05) is 20.8 Å². The second kappa shape index (κ2) is 7.29. The second-order valence-corrected chi connectivity index (χ2v) is 11.3. The van der Waals surface area contributed by atoms with Crippen LogP contribution in [0.25, 0.3) is 0 Å². The molecular formula is C21H25FN6O3S. The number of halogens is 1. The van der Waals surface area contributed by atoms with Gasteiger partial charge >= 0.3 is 0 Å². The summed E-state index contributed by atoms with van der Waals surface area (Å²) in [5, 5.41) is 18.7. The number of anilines is 3. The molecule has 5 rings (SSSR count). The van der Waals surface area contributed by atoms with Gasteiger partial charge in [-0.2, -0.15) is 5.10 Å². The number of aromatic nitrogens is 4. The molecule has 32 heavy (non-hydrogen) atoms. The molecule has 9 nitrogen and oxygen atoms in total. The van der Waals surface area contributed by atoms with Crippen molar-refractivity contribution in [3.63, 3.8) is 0 Å². The van der Waals surface area contributed by atoms with Gasteiger partial charge in [0.2, 0.25) is 21.8 Å². The van der Waals surface area contributed by atoms with Crippen molar-refractivity contribution < 1.29 is 17.2 Å². The molecule has 3 aromatic rings. The van der Waals surface area contributed by atoms with E-state index in [1.165, 1.54) is 6.07 Å². The average Bonchev–Trinajstić information content (AvgIpc) is 3.47. The van der Waals surface area contributed by atoms with Crippen LogP contribution in [0.4, 0.5) is 21.6 Å². The summed E-state index contributed by atoms with van der Waals surface area (Å²) in [6.07, 6.45) is 2.76. The summed E-state index contributed by atoms with van der Waals surface area (Å²) in [6, 6.07) is 4.92. The van der Waals surface area contributed by atoms with E-state index in [-0.39, 0.29) is 39.9 Å². The van der Waals surface area contributed by atoms with Crippen molar-refractivity contribution in [2.24, 2.45) is 0 Å². The lowest BCUT2D eigenvalue weighted by molar-refractivity contribution is 0.355. The Kier molecular flexibility index (Phi) is 4.77. The number of H-pyrrole nitrogens is 1. The van der Waals surface area contributed by atoms with E-state index in [1.807, 2.05) is 26.8 Å². The molecule has 0 amide bonds. The summed E-state index contributed by atoms with van der Waals surface area (Å²) in [5.74, 6) is 1.30. The number of hydrogen-bond donors (Lipinski definition) is 3. The van der Waals surface area contributed by atoms with E-state index in [4.69, 9.17) is 4.42 Å². The van der Waals surface area contributed by atoms with Crippen LogP contribution in [0, 0.1) is 5.82 Å². The van der Waals surface area contributed by atoms with Crippen LogP contribution in [-0.4, -0.2) is 28.8 Å². The maximum Gasteiger partial charge on any atom is 0.237 e. The lowest BCUT2D eigenvalue weighted by atomic mass is 9.97. The third-order valence-corrected chi connectivity index (χ3v) is 7.21. The third kappa shape index (κ3) is 3.85. The van der Waals surface area contributed by atoms with E-state index < -0.39 is 15.8 Å². The molecule has 1 aliphatic carbocycles. The zero-order valence-corrected chi connectivity index (χ0v) is 18.9. The Morgan fingerprint density at radius 2 is 1.97 bits per heavy atom. The summed E-state index contributed by atoms with van der Waals surface area (Å²) in [5.41, 5.74) is 1.38. The molecule has 0 radical (unpaired) electrons. The molecule has 0 saturated heterocycles. The Balaban J connectivity index is 1.28. The highest BCUT2D eigenvalue weighted by Crippen LogP contribution is 2.43. The highest BCUT2D eigenvalue weighted by molar-refractivity contribution is 7.92. The third-order valence-electron chi connectivity index (χ3n) is 6.01. The Morgan fingerprint density at radius 1 is 1.19 bits per heavy atom. The Hall–Kier alpha value is -2.95. The second-order valence-electron chi connectivity index (χ2n) is 9.55. The van der Waals surface area contributed by atoms with Crippen molar-refractivity contribution in [3.05, 3.63) is 47.1 Å². The molecular weight excluding hydrogens is 435 g/mol. The van der Waals surface area contributed by atoms with Gasteiger partial charge in [-0.15, -0.1) is 10.2 Å². The molecule has 1 aromatic carbocycles. The molecule has 0 spiro atoms. The SMILES string of the molecule is CC(C)(C)c1nnc([C@H]2CC[C@H](c3cc(Nc4ccc5c(c4F)CS(=O)(=O)N5)n[nH]3)C2)o1. The number of nitrogens with one attached hydrogen (secondary N) is 3. The summed E-state index contributed by atoms with van der Waals surface area (Å²) >= 11 is 0. The van der Waals surface area contributed by atoms with E-state index in [0.717, 1.165) is 25.0 Å². The molecule has 3 N–H and O–H groups in total. The first-order chi connectivity index (χ1) is 15.1. The van der Waals surface area contributed by atoms with Gasteiger partial charge in [0.25, 0.3) is 0 Å². The molecule has 11 heteroatoms. The molecule has 3 heterocycles. The lowest BCUT2D eigenvalue weighted by Gasteiger charge is -2.11. The van der Waals surface area contributed by atoms with Crippen molar-refractivity contribution in [2.45, 2.75) is 63.0 Å². The van der Waals surface area contributed by atoms with Crippen molar-refractivity contribution in [1.29, 1.82) is 0 Å². The van der Waals surface area contributed by atoms with Crippen molar-refractivity contribution in [1.82, 2.24) is 20.4 Å². The molecule has 2 atom stereocenters. The van der Waals surface area contributed by atoms with Crippen LogP contribution >= 0.6 is 0 Å². The summed E-state index contributed by atoms with van der Waals surface area (Å²) in [7, 11) is -3.52. The minimum Gasteiger partial charge on any atom is -0.424 e. The van der Waals surface area contributed by atoms with Gasteiger partial charge in [0.15, 0.2) is 11.6 Å². The first-order valence-corrected chi connectivity index (χ1v) is 12.2. The number of aromatic amines is 1. The zero-order valence-electron chi connectivity index (χ0n) is 18.1. The fraction of sp³-hybridized carbons (Fsp3) is 0.476. The largest absolute Gasteiger partial charge is 0.424 e. The van der Waals surface area contributed by atoms with E-state index in [9.17, 15) is 12.8 Å². The predicted octanol–water partition coefficient (Wildman–Crippen LogP) is 4.28. The Morgan fingerprint density at radius 3 is 2.72 bits per heavy atom. The van der Waals surface area contributed by atoms with Crippen LogP contribution in [0.5, 0.6) is 0 Å². The number of hydrogen-bond acceptors (Lipinski definition) is 7. The fourth-order valence-electron chi connectivity index (χ4n) is 4.29. The van der Waals surface area contributed by atoms with E-state index >= 15 is 0 Å². The Labute approximate surface area is 185 Å². The number of rotatable bonds is 4.